The highest BCUT2D eigenvalue weighted by molar-refractivity contribution is 5.86. The minimum atomic E-state index is -1.12. The van der Waals surface area contributed by atoms with Gasteiger partial charge in [0.25, 0.3) is 0 Å². The zero-order valence-electron chi connectivity index (χ0n) is 10.2. The maximum atomic E-state index is 12.1. The summed E-state index contributed by atoms with van der Waals surface area (Å²) in [5.41, 5.74) is 0.443. The summed E-state index contributed by atoms with van der Waals surface area (Å²) in [6.45, 7) is 0.0173. The zero-order chi connectivity index (χ0) is 14.0. The SMILES string of the molecule is O=C(O)[C@@H]1C[C@@H](O)CN1C(=O)Cc1ccccc1O. The number of carbonyl (C=O) groups is 2. The lowest BCUT2D eigenvalue weighted by Gasteiger charge is -2.21. The van der Waals surface area contributed by atoms with Gasteiger partial charge in [-0.3, -0.25) is 4.79 Å². The molecule has 1 aromatic rings. The van der Waals surface area contributed by atoms with Crippen LogP contribution in [-0.2, 0) is 16.0 Å². The highest BCUT2D eigenvalue weighted by Crippen LogP contribution is 2.22. The Bertz CT molecular complexity index is 502. The van der Waals surface area contributed by atoms with Crippen LogP contribution in [0.25, 0.3) is 0 Å². The first-order chi connectivity index (χ1) is 8.99. The molecule has 0 unspecified atom stereocenters. The summed E-state index contributed by atoms with van der Waals surface area (Å²) in [6, 6.07) is 5.41. The Labute approximate surface area is 109 Å². The fourth-order valence-electron chi connectivity index (χ4n) is 2.25. The van der Waals surface area contributed by atoms with Gasteiger partial charge in [-0.2, -0.15) is 0 Å². The van der Waals surface area contributed by atoms with E-state index < -0.39 is 24.0 Å². The number of carboxylic acid groups (broad SMARTS) is 1. The fourth-order valence-corrected chi connectivity index (χ4v) is 2.25. The molecular weight excluding hydrogens is 250 g/mol. The van der Waals surface area contributed by atoms with Gasteiger partial charge < -0.3 is 20.2 Å². The number of benzene rings is 1. The molecule has 0 saturated carbocycles. The van der Waals surface area contributed by atoms with Crippen molar-refractivity contribution < 1.29 is 24.9 Å². The Morgan fingerprint density at radius 3 is 2.63 bits per heavy atom. The van der Waals surface area contributed by atoms with Crippen LogP contribution in [0.15, 0.2) is 24.3 Å². The number of β-amino-alcohol motifs (C(OH)–C–C–N with tert-alkyl or cyclic N) is 1. The Balaban J connectivity index is 2.11. The van der Waals surface area contributed by atoms with Crippen LogP contribution in [0.1, 0.15) is 12.0 Å². The summed E-state index contributed by atoms with van der Waals surface area (Å²) < 4.78 is 0. The highest BCUT2D eigenvalue weighted by atomic mass is 16.4. The van der Waals surface area contributed by atoms with E-state index in [0.29, 0.717) is 5.56 Å². The van der Waals surface area contributed by atoms with Crippen molar-refractivity contribution in [2.24, 2.45) is 0 Å². The topological polar surface area (TPSA) is 98.1 Å². The van der Waals surface area contributed by atoms with Crippen molar-refractivity contribution in [2.45, 2.75) is 25.0 Å². The quantitative estimate of drug-likeness (QED) is 0.713. The lowest BCUT2D eigenvalue weighted by molar-refractivity contribution is -0.148. The zero-order valence-corrected chi connectivity index (χ0v) is 10.2. The van der Waals surface area contributed by atoms with Crippen LogP contribution in [0.4, 0.5) is 0 Å². The van der Waals surface area contributed by atoms with Gasteiger partial charge in [0.15, 0.2) is 0 Å². The monoisotopic (exact) mass is 265 g/mol. The van der Waals surface area contributed by atoms with E-state index in [4.69, 9.17) is 5.11 Å². The van der Waals surface area contributed by atoms with Crippen LogP contribution in [0.5, 0.6) is 5.75 Å². The maximum Gasteiger partial charge on any atom is 0.326 e. The molecule has 0 spiro atoms. The van der Waals surface area contributed by atoms with Crippen molar-refractivity contribution in [2.75, 3.05) is 6.54 Å². The van der Waals surface area contributed by atoms with Crippen molar-refractivity contribution in [3.8, 4) is 5.75 Å². The number of para-hydroxylation sites is 1. The Morgan fingerprint density at radius 1 is 1.32 bits per heavy atom. The molecule has 1 aromatic carbocycles. The average molecular weight is 265 g/mol. The number of hydrogen-bond donors (Lipinski definition) is 3. The van der Waals surface area contributed by atoms with Gasteiger partial charge in [0.1, 0.15) is 11.8 Å². The Kier molecular flexibility index (Phi) is 3.71. The molecule has 19 heavy (non-hydrogen) atoms. The van der Waals surface area contributed by atoms with Crippen molar-refractivity contribution in [1.29, 1.82) is 0 Å². The number of likely N-dealkylation sites (tertiary alicyclic amines) is 1. The molecule has 2 rings (SSSR count). The summed E-state index contributed by atoms with van der Waals surface area (Å²) in [7, 11) is 0. The molecule has 0 radical (unpaired) electrons. The molecule has 1 saturated heterocycles. The number of aliphatic hydroxyl groups excluding tert-OH is 1. The van der Waals surface area contributed by atoms with E-state index in [2.05, 4.69) is 0 Å². The first kappa shape index (κ1) is 13.4. The lowest BCUT2D eigenvalue weighted by atomic mass is 10.1. The largest absolute Gasteiger partial charge is 0.508 e. The molecule has 0 bridgehead atoms. The molecule has 1 aliphatic heterocycles. The molecule has 1 heterocycles. The van der Waals surface area contributed by atoms with Crippen molar-refractivity contribution >= 4 is 11.9 Å². The smallest absolute Gasteiger partial charge is 0.326 e. The number of rotatable bonds is 3. The molecule has 6 heteroatoms. The van der Waals surface area contributed by atoms with Gasteiger partial charge in [-0.1, -0.05) is 18.2 Å². The van der Waals surface area contributed by atoms with Crippen LogP contribution in [0.3, 0.4) is 0 Å². The van der Waals surface area contributed by atoms with Crippen LogP contribution in [0.2, 0.25) is 0 Å². The summed E-state index contributed by atoms with van der Waals surface area (Å²) in [4.78, 5) is 24.2. The second-order valence-electron chi connectivity index (χ2n) is 4.60. The molecule has 2 atom stereocenters. The van der Waals surface area contributed by atoms with E-state index in [9.17, 15) is 19.8 Å². The minimum Gasteiger partial charge on any atom is -0.508 e. The number of amides is 1. The second-order valence-corrected chi connectivity index (χ2v) is 4.60. The molecule has 3 N–H and O–H groups in total. The average Bonchev–Trinajstić information content (AvgIpc) is 2.74. The molecule has 6 nitrogen and oxygen atoms in total. The number of carboxylic acids is 1. The predicted molar refractivity (Wildman–Crippen MR) is 65.6 cm³/mol. The molecule has 1 amide bonds. The van der Waals surface area contributed by atoms with E-state index >= 15 is 0 Å². The summed E-state index contributed by atoms with van der Waals surface area (Å²) in [5.74, 6) is -1.53. The summed E-state index contributed by atoms with van der Waals surface area (Å²) in [6.07, 6.45) is -0.847. The number of hydrogen-bond acceptors (Lipinski definition) is 4. The molecule has 1 fully saturated rings. The standard InChI is InChI=1S/C13H15NO5/c15-9-6-10(13(18)19)14(7-9)12(17)5-8-3-1-2-4-11(8)16/h1-4,9-10,15-16H,5-7H2,(H,18,19)/t9-,10+/m1/s1. The number of carbonyl (C=O) groups excluding carboxylic acids is 1. The Hall–Kier alpha value is -2.08. The van der Waals surface area contributed by atoms with E-state index in [-0.39, 0.29) is 25.1 Å². The number of aromatic hydroxyl groups is 1. The molecular formula is C13H15NO5. The first-order valence-corrected chi connectivity index (χ1v) is 5.96. The number of phenols is 1. The van der Waals surface area contributed by atoms with Crippen LogP contribution >= 0.6 is 0 Å². The second kappa shape index (κ2) is 5.27. The van der Waals surface area contributed by atoms with Gasteiger partial charge >= 0.3 is 5.97 Å². The molecule has 1 aliphatic rings. The third-order valence-corrected chi connectivity index (χ3v) is 3.22. The van der Waals surface area contributed by atoms with Crippen LogP contribution < -0.4 is 0 Å². The number of aliphatic carboxylic acids is 1. The Morgan fingerprint density at radius 2 is 2.00 bits per heavy atom. The van der Waals surface area contributed by atoms with Crippen molar-refractivity contribution in [3.63, 3.8) is 0 Å². The third-order valence-electron chi connectivity index (χ3n) is 3.22. The van der Waals surface area contributed by atoms with Gasteiger partial charge in [0.05, 0.1) is 12.5 Å². The van der Waals surface area contributed by atoms with Gasteiger partial charge in [-0.15, -0.1) is 0 Å². The van der Waals surface area contributed by atoms with Crippen molar-refractivity contribution in [3.05, 3.63) is 29.8 Å². The van der Waals surface area contributed by atoms with E-state index in [1.807, 2.05) is 0 Å². The van der Waals surface area contributed by atoms with Crippen LogP contribution in [-0.4, -0.2) is 50.8 Å². The number of nitrogens with zero attached hydrogens (tertiary/aromatic N) is 1. The van der Waals surface area contributed by atoms with Gasteiger partial charge in [-0.25, -0.2) is 4.79 Å². The van der Waals surface area contributed by atoms with E-state index in [1.54, 1.807) is 18.2 Å². The van der Waals surface area contributed by atoms with Crippen LogP contribution in [0, 0.1) is 0 Å². The molecule has 0 aromatic heterocycles. The minimum absolute atomic E-state index is 0.00229. The maximum absolute atomic E-state index is 12.1. The summed E-state index contributed by atoms with van der Waals surface area (Å²) in [5, 5.41) is 28.1. The number of aliphatic hydroxyl groups is 1. The third kappa shape index (κ3) is 2.85. The number of phenolic OH excluding ortho intramolecular Hbond substituents is 1. The van der Waals surface area contributed by atoms with Gasteiger partial charge in [0, 0.05) is 18.5 Å². The molecule has 0 aliphatic carbocycles. The first-order valence-electron chi connectivity index (χ1n) is 5.96. The highest BCUT2D eigenvalue weighted by Gasteiger charge is 2.38. The van der Waals surface area contributed by atoms with Crippen molar-refractivity contribution in [1.82, 2.24) is 4.90 Å². The normalized spacial score (nSPS) is 22.5. The van der Waals surface area contributed by atoms with Gasteiger partial charge in [0.2, 0.25) is 5.91 Å². The van der Waals surface area contributed by atoms with E-state index in [1.165, 1.54) is 6.07 Å². The summed E-state index contributed by atoms with van der Waals surface area (Å²) >= 11 is 0. The van der Waals surface area contributed by atoms with E-state index in [0.717, 1.165) is 4.90 Å². The predicted octanol–water partition coefficient (Wildman–Crippen LogP) is -0.0189. The fraction of sp³-hybridized carbons (Fsp3) is 0.385. The lowest BCUT2D eigenvalue weighted by Crippen LogP contribution is -2.41. The van der Waals surface area contributed by atoms with Gasteiger partial charge in [-0.05, 0) is 6.07 Å². The molecule has 102 valence electrons.